The van der Waals surface area contributed by atoms with E-state index in [1.54, 1.807) is 25.1 Å². The van der Waals surface area contributed by atoms with Crippen LogP contribution < -0.4 is 4.74 Å². The Morgan fingerprint density at radius 2 is 1.68 bits per heavy atom. The quantitative estimate of drug-likeness (QED) is 0.430. The minimum atomic E-state index is -0.836. The minimum absolute atomic E-state index is 0.175. The molecule has 2 rings (SSSR count). The van der Waals surface area contributed by atoms with Gasteiger partial charge in [0.1, 0.15) is 12.4 Å². The molecule has 0 aliphatic carbocycles. The highest BCUT2D eigenvalue weighted by Gasteiger charge is 2.19. The Bertz CT molecular complexity index is 765. The van der Waals surface area contributed by atoms with Crippen molar-refractivity contribution < 1.29 is 19.1 Å². The number of hydrogen-bond donors (Lipinski definition) is 0. The van der Waals surface area contributed by atoms with Gasteiger partial charge < -0.3 is 9.47 Å². The predicted molar refractivity (Wildman–Crippen MR) is 97.7 cm³/mol. The second-order valence-electron chi connectivity index (χ2n) is 5.72. The molecule has 0 radical (unpaired) electrons. The maximum absolute atomic E-state index is 12.1. The van der Waals surface area contributed by atoms with Crippen molar-refractivity contribution >= 4 is 17.8 Å². The highest BCUT2D eigenvalue weighted by Crippen LogP contribution is 2.26. The van der Waals surface area contributed by atoms with Crippen LogP contribution in [0.5, 0.6) is 5.75 Å². The number of carbonyl (C=O) groups is 2. The molecule has 0 unspecified atom stereocenters. The van der Waals surface area contributed by atoms with Gasteiger partial charge in [-0.2, -0.15) is 0 Å². The van der Waals surface area contributed by atoms with Crippen molar-refractivity contribution in [3.05, 3.63) is 70.8 Å². The van der Waals surface area contributed by atoms with Gasteiger partial charge in [0.2, 0.25) is 0 Å². The van der Waals surface area contributed by atoms with Crippen LogP contribution in [0.1, 0.15) is 39.5 Å². The van der Waals surface area contributed by atoms with Crippen molar-refractivity contribution in [2.45, 2.75) is 27.4 Å². The lowest BCUT2D eigenvalue weighted by atomic mass is 10.0. The third-order valence-electron chi connectivity index (χ3n) is 3.78. The molecule has 0 spiro atoms. The number of Topliss-reactive ketones (excluding diaryl/α,β-unsaturated/α-hetero) is 1. The molecule has 2 aromatic carbocycles. The van der Waals surface area contributed by atoms with Gasteiger partial charge in [-0.1, -0.05) is 36.9 Å². The average molecular weight is 338 g/mol. The first-order chi connectivity index (χ1) is 12.0. The second-order valence-corrected chi connectivity index (χ2v) is 5.72. The van der Waals surface area contributed by atoms with Gasteiger partial charge in [0, 0.05) is 5.56 Å². The molecule has 0 amide bonds. The van der Waals surface area contributed by atoms with Crippen LogP contribution in [0.2, 0.25) is 0 Å². The number of ketones is 1. The van der Waals surface area contributed by atoms with Gasteiger partial charge in [-0.05, 0) is 55.2 Å². The summed E-state index contributed by atoms with van der Waals surface area (Å²) in [6.45, 7) is 9.70. The van der Waals surface area contributed by atoms with Crippen LogP contribution in [-0.2, 0) is 16.1 Å². The van der Waals surface area contributed by atoms with E-state index in [0.717, 1.165) is 22.3 Å². The number of carbonyl (C=O) groups excluding carboxylic acids is 2. The Morgan fingerprint density at radius 3 is 2.20 bits per heavy atom. The molecular formula is C21H22O4. The van der Waals surface area contributed by atoms with Gasteiger partial charge in [0.15, 0.2) is 0 Å². The molecule has 2 aromatic rings. The fraction of sp³-hybridized carbons (Fsp3) is 0.238. The van der Waals surface area contributed by atoms with Crippen molar-refractivity contribution in [2.24, 2.45) is 0 Å². The Balaban J connectivity index is 2.15. The first kappa shape index (κ1) is 18.5. The summed E-state index contributed by atoms with van der Waals surface area (Å²) in [4.78, 5) is 23.7. The lowest BCUT2D eigenvalue weighted by Crippen LogP contribution is -2.18. The standard InChI is InChI=1S/C21H22O4/c1-5-16-7-9-17(10-8-16)13-25-20-14(3)11-18(12-15(20)4)19(22)21(23)24-6-2/h5,7-12H,1,6,13H2,2-4H3. The van der Waals surface area contributed by atoms with E-state index in [-0.39, 0.29) is 6.61 Å². The van der Waals surface area contributed by atoms with E-state index in [2.05, 4.69) is 6.58 Å². The van der Waals surface area contributed by atoms with Crippen molar-refractivity contribution in [3.8, 4) is 5.75 Å². The number of ether oxygens (including phenoxy) is 2. The lowest BCUT2D eigenvalue weighted by molar-refractivity contribution is -0.137. The van der Waals surface area contributed by atoms with E-state index in [9.17, 15) is 9.59 Å². The zero-order valence-electron chi connectivity index (χ0n) is 14.8. The number of esters is 1. The van der Waals surface area contributed by atoms with E-state index in [1.807, 2.05) is 38.1 Å². The second kappa shape index (κ2) is 8.29. The highest BCUT2D eigenvalue weighted by molar-refractivity contribution is 6.40. The average Bonchev–Trinajstić information content (AvgIpc) is 2.61. The Kier molecular flexibility index (Phi) is 6.12. The van der Waals surface area contributed by atoms with Gasteiger partial charge >= 0.3 is 5.97 Å². The van der Waals surface area contributed by atoms with Gasteiger partial charge in [-0.3, -0.25) is 4.79 Å². The van der Waals surface area contributed by atoms with Crippen molar-refractivity contribution in [3.63, 3.8) is 0 Å². The topological polar surface area (TPSA) is 52.6 Å². The maximum Gasteiger partial charge on any atom is 0.379 e. The normalized spacial score (nSPS) is 10.2. The third kappa shape index (κ3) is 4.57. The first-order valence-electron chi connectivity index (χ1n) is 8.13. The van der Waals surface area contributed by atoms with Gasteiger partial charge in [0.05, 0.1) is 6.61 Å². The van der Waals surface area contributed by atoms with Crippen molar-refractivity contribution in [2.75, 3.05) is 6.61 Å². The molecule has 0 saturated heterocycles. The zero-order chi connectivity index (χ0) is 18.4. The number of hydrogen-bond acceptors (Lipinski definition) is 4. The van der Waals surface area contributed by atoms with E-state index < -0.39 is 11.8 Å². The SMILES string of the molecule is C=Cc1ccc(COc2c(C)cc(C(=O)C(=O)OCC)cc2C)cc1. The van der Waals surface area contributed by atoms with Crippen molar-refractivity contribution in [1.82, 2.24) is 0 Å². The molecule has 0 aliphatic heterocycles. The number of benzene rings is 2. The van der Waals surface area contributed by atoms with Crippen LogP contribution >= 0.6 is 0 Å². The Labute approximate surface area is 148 Å². The molecule has 0 heterocycles. The van der Waals surface area contributed by atoms with E-state index >= 15 is 0 Å². The van der Waals surface area contributed by atoms with E-state index in [1.165, 1.54) is 0 Å². The smallest absolute Gasteiger partial charge is 0.379 e. The summed E-state index contributed by atoms with van der Waals surface area (Å²) in [7, 11) is 0. The monoisotopic (exact) mass is 338 g/mol. The summed E-state index contributed by atoms with van der Waals surface area (Å²) in [6, 6.07) is 11.2. The molecule has 0 saturated carbocycles. The molecule has 0 N–H and O–H groups in total. The van der Waals surface area contributed by atoms with Gasteiger partial charge in [0.25, 0.3) is 5.78 Å². The summed E-state index contributed by atoms with van der Waals surface area (Å²) in [6.07, 6.45) is 1.79. The van der Waals surface area contributed by atoms with Gasteiger partial charge in [-0.15, -0.1) is 0 Å². The Hall–Kier alpha value is -2.88. The number of aryl methyl sites for hydroxylation is 2. The lowest BCUT2D eigenvalue weighted by Gasteiger charge is -2.14. The van der Waals surface area contributed by atoms with Crippen LogP contribution in [0.25, 0.3) is 6.08 Å². The predicted octanol–water partition coefficient (Wildman–Crippen LogP) is 4.27. The maximum atomic E-state index is 12.1. The van der Waals surface area contributed by atoms with Crippen LogP contribution in [0.15, 0.2) is 43.0 Å². The van der Waals surface area contributed by atoms with Gasteiger partial charge in [-0.25, -0.2) is 4.79 Å². The summed E-state index contributed by atoms with van der Waals surface area (Å²) >= 11 is 0. The fourth-order valence-electron chi connectivity index (χ4n) is 2.53. The summed E-state index contributed by atoms with van der Waals surface area (Å²) in [5.41, 5.74) is 4.01. The zero-order valence-corrected chi connectivity index (χ0v) is 14.8. The fourth-order valence-corrected chi connectivity index (χ4v) is 2.53. The van der Waals surface area contributed by atoms with Crippen LogP contribution in [-0.4, -0.2) is 18.4 Å². The largest absolute Gasteiger partial charge is 0.488 e. The molecule has 0 atom stereocenters. The summed E-state index contributed by atoms with van der Waals surface area (Å²) in [5.74, 6) is -0.759. The molecule has 0 bridgehead atoms. The van der Waals surface area contributed by atoms with Crippen LogP contribution in [0.3, 0.4) is 0 Å². The molecule has 0 aromatic heterocycles. The van der Waals surface area contributed by atoms with E-state index in [0.29, 0.717) is 17.9 Å². The molecule has 4 nitrogen and oxygen atoms in total. The first-order valence-corrected chi connectivity index (χ1v) is 8.13. The summed E-state index contributed by atoms with van der Waals surface area (Å²) < 4.78 is 10.7. The van der Waals surface area contributed by atoms with Crippen LogP contribution in [0, 0.1) is 13.8 Å². The van der Waals surface area contributed by atoms with Crippen molar-refractivity contribution in [1.29, 1.82) is 0 Å². The summed E-state index contributed by atoms with van der Waals surface area (Å²) in [5, 5.41) is 0. The molecule has 130 valence electrons. The van der Waals surface area contributed by atoms with E-state index in [4.69, 9.17) is 9.47 Å². The highest BCUT2D eigenvalue weighted by atomic mass is 16.5. The Morgan fingerprint density at radius 1 is 1.08 bits per heavy atom. The molecule has 4 heteroatoms. The molecule has 25 heavy (non-hydrogen) atoms. The third-order valence-corrected chi connectivity index (χ3v) is 3.78. The molecular weight excluding hydrogens is 316 g/mol. The number of rotatable bonds is 7. The molecule has 0 fully saturated rings. The molecule has 0 aliphatic rings. The van der Waals surface area contributed by atoms with Crippen LogP contribution in [0.4, 0.5) is 0 Å². The minimum Gasteiger partial charge on any atom is -0.488 e.